The number of aromatic nitrogens is 1. The average molecular weight is 280 g/mol. The summed E-state index contributed by atoms with van der Waals surface area (Å²) in [4.78, 5) is 15.1. The minimum atomic E-state index is -0.0388. The van der Waals surface area contributed by atoms with Crippen LogP contribution in [0.25, 0.3) is 10.9 Å². The lowest BCUT2D eigenvalue weighted by Crippen LogP contribution is -2.24. The fourth-order valence-electron chi connectivity index (χ4n) is 2.34. The van der Waals surface area contributed by atoms with Crippen molar-refractivity contribution in [1.82, 2.24) is 10.3 Å². The lowest BCUT2D eigenvalue weighted by molar-refractivity contribution is -0.120. The van der Waals surface area contributed by atoms with Crippen molar-refractivity contribution in [3.63, 3.8) is 0 Å². The fourth-order valence-corrected chi connectivity index (χ4v) is 2.34. The minimum absolute atomic E-state index is 0.0388. The molecule has 0 bridgehead atoms. The Balaban J connectivity index is 1.67. The molecule has 3 aromatic rings. The molecular formula is C17H16N2O2. The molecule has 21 heavy (non-hydrogen) atoms. The maximum Gasteiger partial charge on any atom is 0.224 e. The van der Waals surface area contributed by atoms with Gasteiger partial charge in [-0.05, 0) is 29.3 Å². The molecule has 0 aliphatic carbocycles. The highest BCUT2D eigenvalue weighted by Gasteiger charge is 2.09. The van der Waals surface area contributed by atoms with Gasteiger partial charge in [-0.15, -0.1) is 0 Å². The van der Waals surface area contributed by atoms with E-state index in [9.17, 15) is 9.90 Å². The molecule has 106 valence electrons. The summed E-state index contributed by atoms with van der Waals surface area (Å²) in [5.41, 5.74) is 2.87. The van der Waals surface area contributed by atoms with Gasteiger partial charge in [0, 0.05) is 23.6 Å². The summed E-state index contributed by atoms with van der Waals surface area (Å²) in [7, 11) is 0. The molecule has 0 radical (unpaired) electrons. The zero-order chi connectivity index (χ0) is 14.7. The Labute approximate surface area is 122 Å². The molecule has 1 amide bonds. The van der Waals surface area contributed by atoms with Crippen molar-refractivity contribution in [2.45, 2.75) is 13.0 Å². The maximum absolute atomic E-state index is 12.0. The molecule has 0 fully saturated rings. The third-order valence-corrected chi connectivity index (χ3v) is 3.43. The lowest BCUT2D eigenvalue weighted by atomic mass is 10.1. The quantitative estimate of drug-likeness (QED) is 0.688. The normalized spacial score (nSPS) is 10.7. The van der Waals surface area contributed by atoms with Gasteiger partial charge < -0.3 is 15.4 Å². The first-order chi connectivity index (χ1) is 10.2. The number of benzene rings is 2. The second kappa shape index (κ2) is 5.71. The molecule has 3 N–H and O–H groups in total. The first kappa shape index (κ1) is 13.2. The van der Waals surface area contributed by atoms with Crippen LogP contribution in [0.3, 0.4) is 0 Å². The summed E-state index contributed by atoms with van der Waals surface area (Å²) < 4.78 is 0. The number of amides is 1. The van der Waals surface area contributed by atoms with E-state index in [0.29, 0.717) is 6.54 Å². The monoisotopic (exact) mass is 280 g/mol. The Kier molecular flexibility index (Phi) is 3.60. The summed E-state index contributed by atoms with van der Waals surface area (Å²) in [5, 5.41) is 13.3. The van der Waals surface area contributed by atoms with Gasteiger partial charge in [-0.1, -0.05) is 30.3 Å². The van der Waals surface area contributed by atoms with E-state index in [1.165, 1.54) is 0 Å². The van der Waals surface area contributed by atoms with Gasteiger partial charge in [0.1, 0.15) is 5.75 Å². The number of phenols is 1. The van der Waals surface area contributed by atoms with E-state index in [1.54, 1.807) is 18.2 Å². The Hall–Kier alpha value is -2.75. The first-order valence-corrected chi connectivity index (χ1v) is 6.82. The fraction of sp³-hybridized carbons (Fsp3) is 0.118. The van der Waals surface area contributed by atoms with E-state index in [-0.39, 0.29) is 18.1 Å². The number of hydrogen-bond acceptors (Lipinski definition) is 2. The molecule has 0 saturated carbocycles. The van der Waals surface area contributed by atoms with E-state index in [0.717, 1.165) is 22.0 Å². The van der Waals surface area contributed by atoms with Crippen molar-refractivity contribution < 1.29 is 9.90 Å². The molecule has 0 atom stereocenters. The molecule has 3 rings (SSSR count). The molecule has 1 aromatic heterocycles. The number of aromatic amines is 1. The third kappa shape index (κ3) is 3.05. The summed E-state index contributed by atoms with van der Waals surface area (Å²) in [6, 6.07) is 14.9. The number of fused-ring (bicyclic) bond motifs is 1. The summed E-state index contributed by atoms with van der Waals surface area (Å²) >= 11 is 0. The molecular weight excluding hydrogens is 264 g/mol. The molecule has 2 aromatic carbocycles. The van der Waals surface area contributed by atoms with Crippen molar-refractivity contribution in [3.05, 3.63) is 65.9 Å². The minimum Gasteiger partial charge on any atom is -0.508 e. The third-order valence-electron chi connectivity index (χ3n) is 3.43. The van der Waals surface area contributed by atoms with Gasteiger partial charge in [-0.2, -0.15) is 0 Å². The molecule has 0 aliphatic rings. The first-order valence-electron chi connectivity index (χ1n) is 6.82. The Morgan fingerprint density at radius 2 is 1.95 bits per heavy atom. The summed E-state index contributed by atoms with van der Waals surface area (Å²) in [5.74, 6) is 0.163. The van der Waals surface area contributed by atoms with Crippen LogP contribution in [0.5, 0.6) is 5.75 Å². The van der Waals surface area contributed by atoms with Crippen LogP contribution in [-0.2, 0) is 17.8 Å². The van der Waals surface area contributed by atoms with Crippen LogP contribution in [-0.4, -0.2) is 16.0 Å². The number of rotatable bonds is 4. The van der Waals surface area contributed by atoms with Crippen LogP contribution in [0, 0.1) is 0 Å². The molecule has 0 saturated heterocycles. The number of hydrogen-bond donors (Lipinski definition) is 3. The van der Waals surface area contributed by atoms with Gasteiger partial charge in [0.25, 0.3) is 0 Å². The lowest BCUT2D eigenvalue weighted by Gasteiger charge is -2.05. The van der Waals surface area contributed by atoms with Gasteiger partial charge in [-0.25, -0.2) is 0 Å². The van der Waals surface area contributed by atoms with Crippen LogP contribution in [0.4, 0.5) is 0 Å². The van der Waals surface area contributed by atoms with Crippen molar-refractivity contribution in [1.29, 1.82) is 0 Å². The number of phenolic OH excluding ortho intramolecular Hbond substituents is 1. The highest BCUT2D eigenvalue weighted by molar-refractivity contribution is 5.89. The number of H-pyrrole nitrogens is 1. The Bertz CT molecular complexity index is 763. The predicted octanol–water partition coefficient (Wildman–Crippen LogP) is 2.73. The van der Waals surface area contributed by atoms with Gasteiger partial charge in [0.15, 0.2) is 0 Å². The van der Waals surface area contributed by atoms with Crippen molar-refractivity contribution in [2.24, 2.45) is 0 Å². The highest BCUT2D eigenvalue weighted by atomic mass is 16.3. The average Bonchev–Trinajstić information content (AvgIpc) is 2.88. The van der Waals surface area contributed by atoms with Crippen LogP contribution in [0.1, 0.15) is 11.1 Å². The second-order valence-electron chi connectivity index (χ2n) is 4.98. The van der Waals surface area contributed by atoms with Crippen LogP contribution < -0.4 is 5.32 Å². The molecule has 1 heterocycles. The van der Waals surface area contributed by atoms with Crippen molar-refractivity contribution >= 4 is 16.8 Å². The van der Waals surface area contributed by atoms with Crippen molar-refractivity contribution in [3.8, 4) is 5.75 Å². The van der Waals surface area contributed by atoms with Crippen molar-refractivity contribution in [2.75, 3.05) is 0 Å². The van der Waals surface area contributed by atoms with Gasteiger partial charge in [0.05, 0.1) is 6.42 Å². The van der Waals surface area contributed by atoms with E-state index in [2.05, 4.69) is 10.3 Å². The zero-order valence-corrected chi connectivity index (χ0v) is 11.5. The SMILES string of the molecule is O=C(Cc1c[nH]c2ccc(O)cc12)NCc1ccccc1. The number of carbonyl (C=O) groups is 1. The van der Waals surface area contributed by atoms with E-state index < -0.39 is 0 Å². The van der Waals surface area contributed by atoms with Crippen LogP contribution in [0.15, 0.2) is 54.7 Å². The predicted molar refractivity (Wildman–Crippen MR) is 82.0 cm³/mol. The smallest absolute Gasteiger partial charge is 0.224 e. The maximum atomic E-state index is 12.0. The summed E-state index contributed by atoms with van der Waals surface area (Å²) in [6.07, 6.45) is 2.10. The van der Waals surface area contributed by atoms with Crippen LogP contribution in [0.2, 0.25) is 0 Å². The highest BCUT2D eigenvalue weighted by Crippen LogP contribution is 2.23. The standard InChI is InChI=1S/C17H16N2O2/c20-14-6-7-16-15(9-14)13(11-18-16)8-17(21)19-10-12-4-2-1-3-5-12/h1-7,9,11,18,20H,8,10H2,(H,19,21). The number of nitrogens with one attached hydrogen (secondary N) is 2. The largest absolute Gasteiger partial charge is 0.508 e. The van der Waals surface area contributed by atoms with Gasteiger partial charge >= 0.3 is 0 Å². The Morgan fingerprint density at radius 3 is 2.76 bits per heavy atom. The molecule has 4 heteroatoms. The zero-order valence-electron chi connectivity index (χ0n) is 11.5. The van der Waals surface area contributed by atoms with E-state index >= 15 is 0 Å². The Morgan fingerprint density at radius 1 is 1.14 bits per heavy atom. The number of carbonyl (C=O) groups excluding carboxylic acids is 1. The molecule has 4 nitrogen and oxygen atoms in total. The van der Waals surface area contributed by atoms with E-state index in [4.69, 9.17) is 0 Å². The van der Waals surface area contributed by atoms with Crippen LogP contribution >= 0.6 is 0 Å². The van der Waals surface area contributed by atoms with Gasteiger partial charge in [0.2, 0.25) is 5.91 Å². The van der Waals surface area contributed by atoms with E-state index in [1.807, 2.05) is 36.5 Å². The second-order valence-corrected chi connectivity index (χ2v) is 4.98. The molecule has 0 unspecified atom stereocenters. The van der Waals surface area contributed by atoms with Gasteiger partial charge in [-0.3, -0.25) is 4.79 Å². The topological polar surface area (TPSA) is 65.1 Å². The molecule has 0 aliphatic heterocycles. The summed E-state index contributed by atoms with van der Waals surface area (Å²) in [6.45, 7) is 0.521. The number of aromatic hydroxyl groups is 1. The molecule has 0 spiro atoms.